The van der Waals surface area contributed by atoms with Gasteiger partial charge in [-0.15, -0.1) is 21.2 Å². The second-order valence-corrected chi connectivity index (χ2v) is 4.58. The fourth-order valence-electron chi connectivity index (χ4n) is 2.05. The summed E-state index contributed by atoms with van der Waals surface area (Å²) in [4.78, 5) is 0. The molecule has 3 N–H and O–H groups in total. The molecule has 7 heteroatoms. The number of fused-ring (bicyclic) bond motifs is 1. The van der Waals surface area contributed by atoms with E-state index in [0.717, 1.165) is 12.8 Å². The van der Waals surface area contributed by atoms with Crippen LogP contribution in [0.5, 0.6) is 11.5 Å². The molecule has 0 fully saturated rings. The molecule has 0 saturated carbocycles. The van der Waals surface area contributed by atoms with Crippen molar-refractivity contribution >= 4 is 12.4 Å². The van der Waals surface area contributed by atoms with Gasteiger partial charge in [0.1, 0.15) is 0 Å². The molecule has 1 aliphatic rings. The predicted octanol–water partition coefficient (Wildman–Crippen LogP) is 2.98. The minimum Gasteiger partial charge on any atom is -0.395 e. The molecule has 2 atom stereocenters. The molecule has 114 valence electrons. The smallest absolute Gasteiger partial charge is 0.395 e. The summed E-state index contributed by atoms with van der Waals surface area (Å²) in [7, 11) is 0. The lowest BCUT2D eigenvalue weighted by Crippen LogP contribution is -2.28. The first kappa shape index (κ1) is 16.9. The van der Waals surface area contributed by atoms with Crippen molar-refractivity contribution in [3.05, 3.63) is 23.8 Å². The third kappa shape index (κ3) is 3.50. The van der Waals surface area contributed by atoms with Crippen LogP contribution in [0.1, 0.15) is 37.8 Å². The van der Waals surface area contributed by atoms with Gasteiger partial charge in [-0.2, -0.15) is 0 Å². The quantitative estimate of drug-likeness (QED) is 0.877. The van der Waals surface area contributed by atoms with Gasteiger partial charge in [-0.1, -0.05) is 31.9 Å². The molecule has 0 radical (unpaired) electrons. The molecule has 0 aliphatic carbocycles. The fourth-order valence-corrected chi connectivity index (χ4v) is 2.05. The number of benzene rings is 1. The Bertz CT molecular complexity index is 459. The SMILES string of the molecule is CCCC[C@H](O)[C@H](N)c1cccc2c1OC(F)(F)O2.Cl. The molecule has 1 aliphatic heterocycles. The van der Waals surface area contributed by atoms with E-state index in [0.29, 0.717) is 12.0 Å². The summed E-state index contributed by atoms with van der Waals surface area (Å²) >= 11 is 0. The predicted molar refractivity (Wildman–Crippen MR) is 72.4 cm³/mol. The van der Waals surface area contributed by atoms with Crippen molar-refractivity contribution in [3.63, 3.8) is 0 Å². The van der Waals surface area contributed by atoms with E-state index < -0.39 is 18.4 Å². The highest BCUT2D eigenvalue weighted by Gasteiger charge is 2.45. The summed E-state index contributed by atoms with van der Waals surface area (Å²) in [6.45, 7) is 2.00. The van der Waals surface area contributed by atoms with Crippen molar-refractivity contribution in [2.75, 3.05) is 0 Å². The number of para-hydroxylation sites is 1. The van der Waals surface area contributed by atoms with Crippen LogP contribution < -0.4 is 15.2 Å². The molecule has 0 spiro atoms. The highest BCUT2D eigenvalue weighted by molar-refractivity contribution is 5.85. The molecule has 0 unspecified atom stereocenters. The zero-order valence-electron chi connectivity index (χ0n) is 11.0. The first-order valence-corrected chi connectivity index (χ1v) is 6.27. The Hall–Kier alpha value is -1.11. The van der Waals surface area contributed by atoms with Crippen molar-refractivity contribution in [1.29, 1.82) is 0 Å². The van der Waals surface area contributed by atoms with E-state index in [-0.39, 0.29) is 23.9 Å². The van der Waals surface area contributed by atoms with Gasteiger partial charge in [-0.3, -0.25) is 0 Å². The van der Waals surface area contributed by atoms with Crippen molar-refractivity contribution in [3.8, 4) is 11.5 Å². The zero-order chi connectivity index (χ0) is 14.0. The second kappa shape index (κ2) is 6.56. The maximum absolute atomic E-state index is 13.0. The van der Waals surface area contributed by atoms with E-state index in [9.17, 15) is 13.9 Å². The number of aliphatic hydroxyl groups is 1. The Morgan fingerprint density at radius 2 is 2.05 bits per heavy atom. The molecule has 1 heterocycles. The van der Waals surface area contributed by atoms with Crippen LogP contribution >= 0.6 is 12.4 Å². The number of hydrogen-bond donors (Lipinski definition) is 2. The van der Waals surface area contributed by atoms with Crippen LogP contribution in [0.25, 0.3) is 0 Å². The van der Waals surface area contributed by atoms with Gasteiger partial charge in [-0.05, 0) is 12.5 Å². The Kier molecular flexibility index (Phi) is 5.56. The minimum absolute atomic E-state index is 0. The van der Waals surface area contributed by atoms with Crippen LogP contribution in [0.3, 0.4) is 0 Å². The van der Waals surface area contributed by atoms with Crippen LogP contribution in [0.15, 0.2) is 18.2 Å². The molecule has 1 aromatic carbocycles. The lowest BCUT2D eigenvalue weighted by Gasteiger charge is -2.20. The molecule has 20 heavy (non-hydrogen) atoms. The zero-order valence-corrected chi connectivity index (χ0v) is 11.8. The minimum atomic E-state index is -3.67. The van der Waals surface area contributed by atoms with Gasteiger partial charge in [0, 0.05) is 5.56 Å². The highest BCUT2D eigenvalue weighted by Crippen LogP contribution is 2.45. The van der Waals surface area contributed by atoms with Gasteiger partial charge in [0.25, 0.3) is 0 Å². The average Bonchev–Trinajstić information content (AvgIpc) is 2.68. The molecule has 2 rings (SSSR count). The monoisotopic (exact) mass is 309 g/mol. The van der Waals surface area contributed by atoms with Gasteiger partial charge in [0.05, 0.1) is 12.1 Å². The van der Waals surface area contributed by atoms with Crippen molar-refractivity contribution < 1.29 is 23.4 Å². The van der Waals surface area contributed by atoms with Crippen LogP contribution in [0, 0.1) is 0 Å². The molecular weight excluding hydrogens is 292 g/mol. The number of hydrogen-bond acceptors (Lipinski definition) is 4. The molecule has 0 bridgehead atoms. The Labute approximate surface area is 122 Å². The number of aliphatic hydroxyl groups excluding tert-OH is 1. The maximum atomic E-state index is 13.0. The summed E-state index contributed by atoms with van der Waals surface area (Å²) in [6, 6.07) is 3.71. The molecular formula is C13H18ClF2NO3. The largest absolute Gasteiger partial charge is 0.586 e. The molecule has 4 nitrogen and oxygen atoms in total. The Morgan fingerprint density at radius 3 is 2.70 bits per heavy atom. The lowest BCUT2D eigenvalue weighted by atomic mass is 9.97. The van der Waals surface area contributed by atoms with E-state index in [2.05, 4.69) is 9.47 Å². The summed E-state index contributed by atoms with van der Waals surface area (Å²) in [5.74, 6) is -0.142. The molecule has 0 amide bonds. The molecule has 0 saturated heterocycles. The normalized spacial score (nSPS) is 18.2. The summed E-state index contributed by atoms with van der Waals surface area (Å²) in [5, 5.41) is 9.95. The average molecular weight is 310 g/mol. The summed E-state index contributed by atoms with van der Waals surface area (Å²) in [5.41, 5.74) is 6.24. The van der Waals surface area contributed by atoms with Crippen molar-refractivity contribution in [2.24, 2.45) is 5.73 Å². The topological polar surface area (TPSA) is 64.7 Å². The fraction of sp³-hybridized carbons (Fsp3) is 0.538. The van der Waals surface area contributed by atoms with E-state index in [1.54, 1.807) is 12.1 Å². The van der Waals surface area contributed by atoms with Crippen LogP contribution in [0.2, 0.25) is 0 Å². The van der Waals surface area contributed by atoms with Gasteiger partial charge in [0.15, 0.2) is 11.5 Å². The van der Waals surface area contributed by atoms with Crippen LogP contribution in [0.4, 0.5) is 8.78 Å². The lowest BCUT2D eigenvalue weighted by molar-refractivity contribution is -0.287. The van der Waals surface area contributed by atoms with Gasteiger partial charge in [0.2, 0.25) is 0 Å². The first-order valence-electron chi connectivity index (χ1n) is 6.27. The number of rotatable bonds is 5. The number of unbranched alkanes of at least 4 members (excludes halogenated alkanes) is 1. The molecule has 0 aromatic heterocycles. The molecule has 1 aromatic rings. The van der Waals surface area contributed by atoms with Crippen LogP contribution in [-0.4, -0.2) is 17.5 Å². The van der Waals surface area contributed by atoms with E-state index in [1.165, 1.54) is 6.07 Å². The van der Waals surface area contributed by atoms with Gasteiger partial charge >= 0.3 is 6.29 Å². The van der Waals surface area contributed by atoms with Crippen LogP contribution in [-0.2, 0) is 0 Å². The number of ether oxygens (including phenoxy) is 2. The summed E-state index contributed by atoms with van der Waals surface area (Å²) < 4.78 is 34.9. The number of alkyl halides is 2. The maximum Gasteiger partial charge on any atom is 0.586 e. The second-order valence-electron chi connectivity index (χ2n) is 4.58. The van der Waals surface area contributed by atoms with Gasteiger partial charge < -0.3 is 20.3 Å². The highest BCUT2D eigenvalue weighted by atomic mass is 35.5. The Morgan fingerprint density at radius 1 is 1.35 bits per heavy atom. The number of nitrogens with two attached hydrogens (primary N) is 1. The van der Waals surface area contributed by atoms with E-state index in [1.807, 2.05) is 6.92 Å². The first-order chi connectivity index (χ1) is 8.94. The van der Waals surface area contributed by atoms with Crippen molar-refractivity contribution in [2.45, 2.75) is 44.6 Å². The third-order valence-electron chi connectivity index (χ3n) is 3.09. The third-order valence-corrected chi connectivity index (χ3v) is 3.09. The van der Waals surface area contributed by atoms with E-state index in [4.69, 9.17) is 5.73 Å². The Balaban J connectivity index is 0.00000200. The van der Waals surface area contributed by atoms with E-state index >= 15 is 0 Å². The van der Waals surface area contributed by atoms with Crippen molar-refractivity contribution in [1.82, 2.24) is 0 Å². The standard InChI is InChI=1S/C13H17F2NO3.ClH/c1-2-3-6-9(17)11(16)8-5-4-7-10-12(8)19-13(14,15)18-10;/h4-5,7,9,11,17H,2-3,6,16H2,1H3;1H/t9-,11+;/m0./s1. The summed E-state index contributed by atoms with van der Waals surface area (Å²) in [6.07, 6.45) is -2.22. The number of halogens is 3. The van der Waals surface area contributed by atoms with Gasteiger partial charge in [-0.25, -0.2) is 0 Å².